The summed E-state index contributed by atoms with van der Waals surface area (Å²) in [5.41, 5.74) is 1.51. The highest BCUT2D eigenvalue weighted by Gasteiger charge is 2.46. The van der Waals surface area contributed by atoms with Gasteiger partial charge in [-0.25, -0.2) is 8.61 Å². The molecular formula is C23H23N3O4S. The van der Waals surface area contributed by atoms with Crippen LogP contribution in [0.1, 0.15) is 11.1 Å². The number of nitrogens with one attached hydrogen (secondary N) is 1. The summed E-state index contributed by atoms with van der Waals surface area (Å²) in [6.45, 7) is -0.0512. The van der Waals surface area contributed by atoms with E-state index in [1.807, 2.05) is 60.7 Å². The van der Waals surface area contributed by atoms with Gasteiger partial charge in [0.1, 0.15) is 5.57 Å². The van der Waals surface area contributed by atoms with Gasteiger partial charge in [-0.15, -0.1) is 6.42 Å². The monoisotopic (exact) mass is 437 g/mol. The van der Waals surface area contributed by atoms with Crippen LogP contribution in [0.4, 0.5) is 0 Å². The van der Waals surface area contributed by atoms with Gasteiger partial charge in [-0.3, -0.25) is 9.59 Å². The molecule has 1 fully saturated rings. The molecule has 0 radical (unpaired) electrons. The molecule has 2 amide bonds. The average Bonchev–Trinajstić information content (AvgIpc) is 2.77. The Morgan fingerprint density at radius 1 is 0.839 bits per heavy atom. The summed E-state index contributed by atoms with van der Waals surface area (Å²) in [5.74, 6) is 0.626. The molecule has 1 heterocycles. The van der Waals surface area contributed by atoms with E-state index in [9.17, 15) is 18.0 Å². The zero-order chi connectivity index (χ0) is 22.3. The molecule has 2 aromatic rings. The number of rotatable bonds is 8. The van der Waals surface area contributed by atoms with Crippen molar-refractivity contribution >= 4 is 22.0 Å². The average molecular weight is 438 g/mol. The van der Waals surface area contributed by atoms with Crippen LogP contribution in [0.5, 0.6) is 0 Å². The lowest BCUT2D eigenvalue weighted by atomic mass is 10.1. The van der Waals surface area contributed by atoms with Gasteiger partial charge in [0.15, 0.2) is 0 Å². The van der Waals surface area contributed by atoms with Crippen LogP contribution in [-0.4, -0.2) is 48.5 Å². The highest BCUT2D eigenvalue weighted by atomic mass is 32.2. The van der Waals surface area contributed by atoms with Gasteiger partial charge in [-0.2, -0.15) is 8.42 Å². The number of nitrogens with zero attached hydrogens (tertiary/aromatic N) is 2. The molecule has 0 bridgehead atoms. The Bertz CT molecular complexity index is 1040. The zero-order valence-corrected chi connectivity index (χ0v) is 17.7. The van der Waals surface area contributed by atoms with Crippen molar-refractivity contribution in [1.29, 1.82) is 0 Å². The van der Waals surface area contributed by atoms with E-state index in [0.717, 1.165) is 19.7 Å². The van der Waals surface area contributed by atoms with E-state index in [2.05, 4.69) is 11.2 Å². The first-order valence-electron chi connectivity index (χ1n) is 9.79. The molecule has 0 spiro atoms. The molecule has 31 heavy (non-hydrogen) atoms. The van der Waals surface area contributed by atoms with Crippen LogP contribution < -0.4 is 5.32 Å². The van der Waals surface area contributed by atoms with Gasteiger partial charge in [0.2, 0.25) is 0 Å². The van der Waals surface area contributed by atoms with Gasteiger partial charge in [-0.1, -0.05) is 66.6 Å². The number of hydrogen-bond acceptors (Lipinski definition) is 5. The second-order valence-electron chi connectivity index (χ2n) is 6.88. The van der Waals surface area contributed by atoms with E-state index in [-0.39, 0.29) is 25.2 Å². The van der Waals surface area contributed by atoms with Crippen molar-refractivity contribution < 1.29 is 18.0 Å². The van der Waals surface area contributed by atoms with E-state index in [1.54, 1.807) is 0 Å². The van der Waals surface area contributed by atoms with E-state index in [1.165, 1.54) is 6.20 Å². The normalized spacial score (nSPS) is 15.5. The molecule has 0 unspecified atom stereocenters. The van der Waals surface area contributed by atoms with Gasteiger partial charge in [0.05, 0.1) is 6.54 Å². The van der Waals surface area contributed by atoms with Gasteiger partial charge >= 0.3 is 10.2 Å². The van der Waals surface area contributed by atoms with Crippen molar-refractivity contribution in [3.63, 3.8) is 0 Å². The molecule has 0 atom stereocenters. The fourth-order valence-electron chi connectivity index (χ4n) is 3.21. The van der Waals surface area contributed by atoms with Crippen molar-refractivity contribution in [3.05, 3.63) is 83.6 Å². The van der Waals surface area contributed by atoms with E-state index < -0.39 is 22.0 Å². The fraction of sp³-hybridized carbons (Fsp3) is 0.217. The van der Waals surface area contributed by atoms with Gasteiger partial charge in [0, 0.05) is 19.3 Å². The van der Waals surface area contributed by atoms with Crippen molar-refractivity contribution in [2.75, 3.05) is 19.6 Å². The minimum absolute atomic E-state index is 0.0766. The number of carbonyl (C=O) groups excluding carboxylic acids is 2. The first-order chi connectivity index (χ1) is 14.9. The topological polar surface area (TPSA) is 86.8 Å². The molecule has 1 saturated heterocycles. The van der Waals surface area contributed by atoms with Crippen LogP contribution in [0, 0.1) is 12.3 Å². The highest BCUT2D eigenvalue weighted by molar-refractivity contribution is 7.88. The maximum Gasteiger partial charge on any atom is 0.331 e. The Labute approximate surface area is 182 Å². The Morgan fingerprint density at radius 3 is 1.71 bits per heavy atom. The minimum Gasteiger partial charge on any atom is -0.379 e. The number of terminal acetylenes is 1. The molecule has 1 aliphatic rings. The van der Waals surface area contributed by atoms with Gasteiger partial charge in [-0.05, 0) is 24.0 Å². The minimum atomic E-state index is -4.31. The van der Waals surface area contributed by atoms with Crippen LogP contribution in [0.2, 0.25) is 0 Å². The molecule has 0 aromatic heterocycles. The summed E-state index contributed by atoms with van der Waals surface area (Å²) in [6, 6.07) is 18.5. The Hall–Kier alpha value is -3.57. The first-order valence-corrected chi connectivity index (χ1v) is 11.2. The number of amides is 2. The van der Waals surface area contributed by atoms with Crippen molar-refractivity contribution in [3.8, 4) is 12.3 Å². The fourth-order valence-corrected chi connectivity index (χ4v) is 4.71. The SMILES string of the molecule is C#CCNC=C1C(=O)N(CCc2ccccc2)S(=O)(=O)N(CCc2ccccc2)C1=O. The Morgan fingerprint density at radius 2 is 1.29 bits per heavy atom. The van der Waals surface area contributed by atoms with Crippen molar-refractivity contribution in [1.82, 2.24) is 13.9 Å². The van der Waals surface area contributed by atoms with Crippen LogP contribution in [0.3, 0.4) is 0 Å². The highest BCUT2D eigenvalue weighted by Crippen LogP contribution is 2.23. The summed E-state index contributed by atoms with van der Waals surface area (Å²) in [5, 5.41) is 2.69. The summed E-state index contributed by atoms with van der Waals surface area (Å²) >= 11 is 0. The number of benzene rings is 2. The molecular weight excluding hydrogens is 414 g/mol. The first kappa shape index (κ1) is 22.1. The second kappa shape index (κ2) is 9.96. The third-order valence-corrected chi connectivity index (χ3v) is 6.62. The van der Waals surface area contributed by atoms with Crippen LogP contribution in [0.15, 0.2) is 72.4 Å². The zero-order valence-electron chi connectivity index (χ0n) is 16.9. The maximum absolute atomic E-state index is 13.2. The Kier molecular flexibility index (Phi) is 7.11. The molecule has 160 valence electrons. The van der Waals surface area contributed by atoms with Crippen LogP contribution in [-0.2, 0) is 32.6 Å². The van der Waals surface area contributed by atoms with Crippen LogP contribution in [0.25, 0.3) is 0 Å². The predicted octanol–water partition coefficient (Wildman–Crippen LogP) is 1.49. The third-order valence-electron chi connectivity index (χ3n) is 4.81. The third kappa shape index (κ3) is 5.13. The lowest BCUT2D eigenvalue weighted by Crippen LogP contribution is -2.57. The molecule has 3 rings (SSSR count). The molecule has 1 N–H and O–H groups in total. The summed E-state index contributed by atoms with van der Waals surface area (Å²) < 4.78 is 27.9. The van der Waals surface area contributed by atoms with Gasteiger partial charge in [0.25, 0.3) is 11.8 Å². The van der Waals surface area contributed by atoms with Crippen molar-refractivity contribution in [2.45, 2.75) is 12.8 Å². The van der Waals surface area contributed by atoms with E-state index in [0.29, 0.717) is 12.8 Å². The molecule has 2 aromatic carbocycles. The van der Waals surface area contributed by atoms with Crippen molar-refractivity contribution in [2.24, 2.45) is 0 Å². The molecule has 0 saturated carbocycles. The predicted molar refractivity (Wildman–Crippen MR) is 118 cm³/mol. The number of hydrogen-bond donors (Lipinski definition) is 1. The molecule has 0 aliphatic carbocycles. The quantitative estimate of drug-likeness (QED) is 0.293. The summed E-state index contributed by atoms with van der Waals surface area (Å²) in [6.07, 6.45) is 7.07. The molecule has 1 aliphatic heterocycles. The van der Waals surface area contributed by atoms with Gasteiger partial charge < -0.3 is 5.32 Å². The maximum atomic E-state index is 13.2. The summed E-state index contributed by atoms with van der Waals surface area (Å²) in [7, 11) is -4.31. The second-order valence-corrected chi connectivity index (χ2v) is 8.65. The van der Waals surface area contributed by atoms with E-state index >= 15 is 0 Å². The molecule has 8 heteroatoms. The standard InChI is InChI=1S/C23H23N3O4S/c1-2-15-24-18-21-22(27)25(16-13-19-9-5-3-6-10-19)31(29,30)26(23(21)28)17-14-20-11-7-4-8-12-20/h1,3-12,18,24H,13-17H2. The smallest absolute Gasteiger partial charge is 0.331 e. The molecule has 7 nitrogen and oxygen atoms in total. The summed E-state index contributed by atoms with van der Waals surface area (Å²) in [4.78, 5) is 25.9. The lowest BCUT2D eigenvalue weighted by Gasteiger charge is -2.35. The van der Waals surface area contributed by atoms with E-state index in [4.69, 9.17) is 6.42 Å². The number of carbonyl (C=O) groups is 2. The Balaban J connectivity index is 1.88. The largest absolute Gasteiger partial charge is 0.379 e. The lowest BCUT2D eigenvalue weighted by molar-refractivity contribution is -0.131. The van der Waals surface area contributed by atoms with Crippen LogP contribution >= 0.6 is 0 Å².